The average Bonchev–Trinajstić information content (AvgIpc) is 2.89. The van der Waals surface area contributed by atoms with Gasteiger partial charge in [-0.25, -0.2) is 0 Å². The molecule has 0 bridgehead atoms. The molecule has 2 fully saturated rings. The molecule has 2 saturated heterocycles. The Morgan fingerprint density at radius 2 is 1.07 bits per heavy atom. The number of fused-ring (bicyclic) bond motifs is 2. The Balaban J connectivity index is 0. The zero-order valence-corrected chi connectivity index (χ0v) is 27.7. The molecule has 0 aromatic heterocycles. The van der Waals surface area contributed by atoms with Crippen LogP contribution >= 0.6 is 74.4 Å². The van der Waals surface area contributed by atoms with E-state index in [1.165, 1.54) is 32.7 Å². The van der Waals surface area contributed by atoms with Crippen LogP contribution < -0.4 is 22.1 Å². The Labute approximate surface area is 276 Å². The lowest BCUT2D eigenvalue weighted by atomic mass is 9.87. The van der Waals surface area contributed by atoms with Crippen molar-refractivity contribution in [2.24, 2.45) is 11.5 Å². The molecule has 2 atom stereocenters. The van der Waals surface area contributed by atoms with E-state index >= 15 is 0 Å². The van der Waals surface area contributed by atoms with Gasteiger partial charge in [0.25, 0.3) is 0 Å². The van der Waals surface area contributed by atoms with Crippen LogP contribution in [0.3, 0.4) is 0 Å². The van der Waals surface area contributed by atoms with Crippen molar-refractivity contribution in [3.8, 4) is 0 Å². The van der Waals surface area contributed by atoms with Gasteiger partial charge in [-0.3, -0.25) is 0 Å². The van der Waals surface area contributed by atoms with Gasteiger partial charge >= 0.3 is 0 Å². The second kappa shape index (κ2) is 20.6. The summed E-state index contributed by atoms with van der Waals surface area (Å²) in [5.41, 5.74) is 16.3. The molecular weight excluding hydrogens is 633 g/mol. The number of hydrogen-bond acceptors (Lipinski definition) is 6. The monoisotopic (exact) mass is 676 g/mol. The Morgan fingerprint density at radius 3 is 1.60 bits per heavy atom. The van der Waals surface area contributed by atoms with E-state index in [1.54, 1.807) is 0 Å². The van der Waals surface area contributed by atoms with Gasteiger partial charge < -0.3 is 31.9 Å². The Hall–Kier alpha value is -0.320. The summed E-state index contributed by atoms with van der Waals surface area (Å²) in [6, 6.07) is 17.7. The van der Waals surface area contributed by atoms with Gasteiger partial charge in [0.2, 0.25) is 0 Å². The molecule has 40 heavy (non-hydrogen) atoms. The number of nitrogens with two attached hydrogens (primary N) is 2. The van der Waals surface area contributed by atoms with Crippen LogP contribution in [-0.2, 0) is 0 Å². The van der Waals surface area contributed by atoms with Crippen molar-refractivity contribution in [3.05, 3.63) is 59.7 Å². The predicted molar refractivity (Wildman–Crippen MR) is 187 cm³/mol. The van der Waals surface area contributed by atoms with Crippen LogP contribution in [0.5, 0.6) is 0 Å². The van der Waals surface area contributed by atoms with Crippen molar-refractivity contribution in [3.63, 3.8) is 0 Å². The molecule has 2 aliphatic rings. The molecule has 2 heterocycles. The fourth-order valence-corrected chi connectivity index (χ4v) is 5.60. The van der Waals surface area contributed by atoms with E-state index in [-0.39, 0.29) is 86.5 Å². The first-order valence-corrected chi connectivity index (χ1v) is 13.0. The fraction of sp³-hybridized carbons (Fsp3) is 0.500. The topological polar surface area (TPSA) is 82.6 Å². The van der Waals surface area contributed by atoms with Crippen LogP contribution in [0.4, 0.5) is 0 Å². The minimum atomic E-state index is -0.0278. The number of rotatable bonds is 8. The Morgan fingerprint density at radius 1 is 0.600 bits per heavy atom. The lowest BCUT2D eigenvalue weighted by molar-refractivity contribution is 0.231. The molecule has 6 N–H and O–H groups in total. The molecule has 2 aliphatic heterocycles. The average molecular weight is 679 g/mol. The second-order valence-corrected chi connectivity index (χ2v) is 9.96. The van der Waals surface area contributed by atoms with Crippen LogP contribution in [0.15, 0.2) is 48.5 Å². The van der Waals surface area contributed by atoms with E-state index in [2.05, 4.69) is 69.0 Å². The molecule has 0 saturated carbocycles. The van der Waals surface area contributed by atoms with E-state index in [0.29, 0.717) is 0 Å². The smallest absolute Gasteiger partial charge is 0.0316 e. The normalized spacial score (nSPS) is 17.1. The molecule has 12 heteroatoms. The number of nitrogens with zero attached hydrogens (tertiary/aromatic N) is 2. The maximum Gasteiger partial charge on any atom is 0.0316 e. The van der Waals surface area contributed by atoms with E-state index in [0.717, 1.165) is 78.3 Å². The molecule has 0 spiro atoms. The number of nitrogens with one attached hydrogen (secondary N) is 2. The first kappa shape index (κ1) is 41.8. The quantitative estimate of drug-likeness (QED) is 0.248. The number of piperazine rings is 2. The SMILES string of the molecule is Cl.Cl.Cl.Cl.Cl.Cl.NC(CCN1CCNCC1)c1ccc2cc3ccccc3cc2c1C(N)CCN1CCNCC1. The van der Waals surface area contributed by atoms with Crippen molar-refractivity contribution >= 4 is 96.0 Å². The van der Waals surface area contributed by atoms with E-state index < -0.39 is 0 Å². The van der Waals surface area contributed by atoms with Crippen LogP contribution in [0.25, 0.3) is 21.5 Å². The zero-order chi connectivity index (χ0) is 23.3. The fourth-order valence-electron chi connectivity index (χ4n) is 5.60. The Bertz CT molecular complexity index is 1110. The molecule has 3 aromatic carbocycles. The highest BCUT2D eigenvalue weighted by Gasteiger charge is 2.22. The third-order valence-electron chi connectivity index (χ3n) is 7.66. The van der Waals surface area contributed by atoms with Crippen LogP contribution in [-0.4, -0.2) is 75.2 Å². The predicted octanol–water partition coefficient (Wildman–Crippen LogP) is 5.11. The lowest BCUT2D eigenvalue weighted by Gasteiger charge is -2.30. The molecule has 0 radical (unpaired) electrons. The van der Waals surface area contributed by atoms with Crippen LogP contribution in [0.1, 0.15) is 36.1 Å². The molecule has 2 unspecified atom stereocenters. The van der Waals surface area contributed by atoms with Gasteiger partial charge in [0.05, 0.1) is 0 Å². The minimum absolute atomic E-state index is 0. The van der Waals surface area contributed by atoms with Gasteiger partial charge in [0.1, 0.15) is 0 Å². The van der Waals surface area contributed by atoms with E-state index in [9.17, 15) is 0 Å². The molecular formula is C28H46Cl6N6. The van der Waals surface area contributed by atoms with Crippen molar-refractivity contribution in [1.82, 2.24) is 20.4 Å². The van der Waals surface area contributed by atoms with Crippen LogP contribution in [0, 0.1) is 0 Å². The highest BCUT2D eigenvalue weighted by Crippen LogP contribution is 2.35. The van der Waals surface area contributed by atoms with Gasteiger partial charge in [-0.1, -0.05) is 36.4 Å². The Kier molecular flexibility index (Phi) is 21.5. The lowest BCUT2D eigenvalue weighted by Crippen LogP contribution is -2.44. The standard InChI is InChI=1S/C28H40N6.6ClH/c29-26(7-13-33-15-9-31-10-16-33)24-6-5-23-19-21-3-1-2-4-22(21)20-25(23)28(24)27(30)8-14-34-17-11-32-12-18-34;;;;;;/h1-6,19-20,26-27,31-32H,7-18,29-30H2;6*1H. The highest BCUT2D eigenvalue weighted by molar-refractivity contribution is 6.00. The van der Waals surface area contributed by atoms with Crippen molar-refractivity contribution < 1.29 is 0 Å². The summed E-state index contributed by atoms with van der Waals surface area (Å²) in [6.45, 7) is 10.8. The summed E-state index contributed by atoms with van der Waals surface area (Å²) in [4.78, 5) is 5.05. The number of benzene rings is 3. The third kappa shape index (κ3) is 10.4. The molecule has 230 valence electrons. The minimum Gasteiger partial charge on any atom is -0.324 e. The highest BCUT2D eigenvalue weighted by atomic mass is 35.5. The van der Waals surface area contributed by atoms with Crippen molar-refractivity contribution in [2.45, 2.75) is 24.9 Å². The first-order chi connectivity index (χ1) is 16.7. The van der Waals surface area contributed by atoms with E-state index in [4.69, 9.17) is 11.5 Å². The van der Waals surface area contributed by atoms with Crippen LogP contribution in [0.2, 0.25) is 0 Å². The molecule has 5 rings (SSSR count). The zero-order valence-electron chi connectivity index (χ0n) is 22.8. The van der Waals surface area contributed by atoms with Crippen molar-refractivity contribution in [1.29, 1.82) is 0 Å². The van der Waals surface area contributed by atoms with E-state index in [1.807, 2.05) is 0 Å². The largest absolute Gasteiger partial charge is 0.324 e. The third-order valence-corrected chi connectivity index (χ3v) is 7.66. The molecule has 3 aromatic rings. The maximum absolute atomic E-state index is 6.98. The van der Waals surface area contributed by atoms with Gasteiger partial charge in [-0.2, -0.15) is 0 Å². The molecule has 6 nitrogen and oxygen atoms in total. The number of halogens is 6. The van der Waals surface area contributed by atoms with Gasteiger partial charge in [-0.15, -0.1) is 74.4 Å². The van der Waals surface area contributed by atoms with Gasteiger partial charge in [0.15, 0.2) is 0 Å². The van der Waals surface area contributed by atoms with Gasteiger partial charge in [0, 0.05) is 77.5 Å². The maximum atomic E-state index is 6.98. The summed E-state index contributed by atoms with van der Waals surface area (Å²) in [5, 5.41) is 11.9. The second-order valence-electron chi connectivity index (χ2n) is 9.96. The molecule has 0 aliphatic carbocycles. The summed E-state index contributed by atoms with van der Waals surface area (Å²) in [5.74, 6) is 0. The van der Waals surface area contributed by atoms with Gasteiger partial charge in [-0.05, 0) is 57.6 Å². The number of hydrogen-bond donors (Lipinski definition) is 4. The molecule has 0 amide bonds. The van der Waals surface area contributed by atoms with Crippen molar-refractivity contribution in [2.75, 3.05) is 65.4 Å². The summed E-state index contributed by atoms with van der Waals surface area (Å²) >= 11 is 0. The first-order valence-electron chi connectivity index (χ1n) is 13.0. The summed E-state index contributed by atoms with van der Waals surface area (Å²) < 4.78 is 0. The summed E-state index contributed by atoms with van der Waals surface area (Å²) in [7, 11) is 0. The summed E-state index contributed by atoms with van der Waals surface area (Å²) in [6.07, 6.45) is 1.90.